The van der Waals surface area contributed by atoms with Crippen LogP contribution in [0, 0.1) is 5.92 Å². The highest BCUT2D eigenvalue weighted by atomic mass is 16.5. The van der Waals surface area contributed by atoms with Crippen LogP contribution in [0.15, 0.2) is 36.2 Å². The molecule has 33 heavy (non-hydrogen) atoms. The number of hydrazine groups is 1. The topological polar surface area (TPSA) is 111 Å². The number of hydrogen-bond donors (Lipinski definition) is 3. The molecule has 3 heterocycles. The number of carbonyl (C=O) groups is 1. The zero-order valence-electron chi connectivity index (χ0n) is 19.3. The summed E-state index contributed by atoms with van der Waals surface area (Å²) in [5, 5.41) is 5.57. The minimum absolute atomic E-state index is 0.0285. The lowest BCUT2D eigenvalue weighted by molar-refractivity contribution is 0.0620. The Morgan fingerprint density at radius 2 is 2.00 bits per heavy atom. The van der Waals surface area contributed by atoms with Crippen LogP contribution in [-0.2, 0) is 11.3 Å². The number of fused-ring (bicyclic) bond motifs is 3. The lowest BCUT2D eigenvalue weighted by Crippen LogP contribution is -2.26. The van der Waals surface area contributed by atoms with Crippen molar-refractivity contribution in [3.05, 3.63) is 47.3 Å². The zero-order valence-corrected chi connectivity index (χ0v) is 19.3. The van der Waals surface area contributed by atoms with Gasteiger partial charge >= 0.3 is 0 Å². The van der Waals surface area contributed by atoms with E-state index in [1.165, 1.54) is 5.01 Å². The van der Waals surface area contributed by atoms with Gasteiger partial charge in [-0.15, -0.1) is 0 Å². The van der Waals surface area contributed by atoms with E-state index in [1.54, 1.807) is 13.2 Å². The number of benzene rings is 1. The molecule has 0 radical (unpaired) electrons. The zero-order chi connectivity index (χ0) is 23.1. The quantitative estimate of drug-likeness (QED) is 0.395. The lowest BCUT2D eigenvalue weighted by atomic mass is 10.0. The molecule has 0 unspecified atom stereocenters. The molecule has 1 amide bonds. The first kappa shape index (κ1) is 21.7. The molecule has 2 aliphatic rings. The number of nitrogens with two attached hydrogens (primary N) is 2. The Labute approximate surface area is 193 Å². The van der Waals surface area contributed by atoms with Gasteiger partial charge in [0.15, 0.2) is 0 Å². The predicted octanol–water partition coefficient (Wildman–Crippen LogP) is 2.96. The van der Waals surface area contributed by atoms with Crippen LogP contribution in [0.2, 0.25) is 0 Å². The molecule has 5 rings (SSSR count). The Balaban J connectivity index is 1.71. The Morgan fingerprint density at radius 1 is 1.24 bits per heavy atom. The van der Waals surface area contributed by atoms with Crippen LogP contribution in [0.3, 0.4) is 0 Å². The van der Waals surface area contributed by atoms with Crippen molar-refractivity contribution in [1.82, 2.24) is 19.9 Å². The number of pyridine rings is 1. The summed E-state index contributed by atoms with van der Waals surface area (Å²) in [7, 11) is 1.77. The summed E-state index contributed by atoms with van der Waals surface area (Å²) in [6.45, 7) is 4.26. The van der Waals surface area contributed by atoms with E-state index in [2.05, 4.69) is 22.0 Å². The molecule has 0 bridgehead atoms. The van der Waals surface area contributed by atoms with Gasteiger partial charge in [-0.1, -0.05) is 6.07 Å². The van der Waals surface area contributed by atoms with Crippen LogP contribution in [0.5, 0.6) is 0 Å². The van der Waals surface area contributed by atoms with Crippen LogP contribution < -0.4 is 16.9 Å². The molecular formula is C25H32N6O2. The van der Waals surface area contributed by atoms with Gasteiger partial charge in [-0.2, -0.15) is 0 Å². The highest BCUT2D eigenvalue weighted by Gasteiger charge is 2.27. The molecule has 0 atom stereocenters. The molecule has 174 valence electrons. The second kappa shape index (κ2) is 8.68. The van der Waals surface area contributed by atoms with E-state index in [1.807, 2.05) is 19.1 Å². The van der Waals surface area contributed by atoms with Crippen LogP contribution in [-0.4, -0.2) is 46.8 Å². The largest absolute Gasteiger partial charge is 0.401 e. The first-order chi connectivity index (χ1) is 15.9. The Hall–Kier alpha value is -3.10. The molecule has 1 aliphatic carbocycles. The highest BCUT2D eigenvalue weighted by Crippen LogP contribution is 2.34. The molecular weight excluding hydrogens is 416 g/mol. The molecule has 1 aromatic carbocycles. The summed E-state index contributed by atoms with van der Waals surface area (Å²) in [5.74, 6) is 6.57. The van der Waals surface area contributed by atoms with Crippen molar-refractivity contribution < 1.29 is 9.53 Å². The minimum Gasteiger partial charge on any atom is -0.401 e. The van der Waals surface area contributed by atoms with Gasteiger partial charge < -0.3 is 25.4 Å². The van der Waals surface area contributed by atoms with E-state index in [-0.39, 0.29) is 5.91 Å². The van der Waals surface area contributed by atoms with E-state index < -0.39 is 0 Å². The average Bonchev–Trinajstić information content (AvgIpc) is 3.56. The van der Waals surface area contributed by atoms with Crippen LogP contribution in [0.25, 0.3) is 27.6 Å². The van der Waals surface area contributed by atoms with Gasteiger partial charge in [0.1, 0.15) is 0 Å². The van der Waals surface area contributed by atoms with Crippen LogP contribution in [0.1, 0.15) is 48.5 Å². The monoisotopic (exact) mass is 448 g/mol. The second-order valence-corrected chi connectivity index (χ2v) is 9.35. The number of nitrogens with zero attached hydrogens (tertiary/aromatic N) is 3. The number of carbonyl (C=O) groups excluding carboxylic acids is 1. The van der Waals surface area contributed by atoms with Gasteiger partial charge in [0, 0.05) is 55.7 Å². The van der Waals surface area contributed by atoms with Crippen molar-refractivity contribution in [1.29, 1.82) is 0 Å². The van der Waals surface area contributed by atoms with Crippen molar-refractivity contribution in [2.45, 2.75) is 45.2 Å². The second-order valence-electron chi connectivity index (χ2n) is 9.35. The maximum atomic E-state index is 13.1. The minimum atomic E-state index is -0.0285. The SMILES string of the molecule is C/C(N)=C(\c1cnc2c3c(C(=O)NC4CC4)cccc3n(CC3CCOCC3)c2c1)N(C)N. The van der Waals surface area contributed by atoms with E-state index >= 15 is 0 Å². The molecule has 0 spiro atoms. The van der Waals surface area contributed by atoms with E-state index in [0.717, 1.165) is 78.6 Å². The highest BCUT2D eigenvalue weighted by molar-refractivity contribution is 6.17. The first-order valence-corrected chi connectivity index (χ1v) is 11.7. The molecule has 1 aliphatic heterocycles. The molecule has 3 aromatic rings. The van der Waals surface area contributed by atoms with E-state index in [9.17, 15) is 4.79 Å². The van der Waals surface area contributed by atoms with Gasteiger partial charge in [0.05, 0.1) is 27.8 Å². The number of allylic oxidation sites excluding steroid dienone is 1. The summed E-state index contributed by atoms with van der Waals surface area (Å²) >= 11 is 0. The smallest absolute Gasteiger partial charge is 0.252 e. The summed E-state index contributed by atoms with van der Waals surface area (Å²) in [4.78, 5) is 17.9. The van der Waals surface area contributed by atoms with Gasteiger partial charge in [-0.25, -0.2) is 5.84 Å². The van der Waals surface area contributed by atoms with Gasteiger partial charge in [0.25, 0.3) is 5.91 Å². The van der Waals surface area contributed by atoms with E-state index in [0.29, 0.717) is 23.2 Å². The molecule has 8 nitrogen and oxygen atoms in total. The third kappa shape index (κ3) is 4.16. The fourth-order valence-corrected chi connectivity index (χ4v) is 4.90. The standard InChI is InChI=1S/C25H32N6O2/c1-15(26)24(30(2)27)17-12-21-23(28-13-17)22-19(25(32)29-18-6-7-18)4-3-5-20(22)31(21)14-16-8-10-33-11-9-16/h3-5,12-13,16,18H,6-11,14,26-27H2,1-2H3,(H,29,32)/b24-15-. The third-order valence-corrected chi connectivity index (χ3v) is 6.67. The maximum absolute atomic E-state index is 13.1. The number of ether oxygens (including phenoxy) is 1. The first-order valence-electron chi connectivity index (χ1n) is 11.7. The third-order valence-electron chi connectivity index (χ3n) is 6.67. The molecule has 5 N–H and O–H groups in total. The summed E-state index contributed by atoms with van der Waals surface area (Å²) < 4.78 is 7.89. The molecule has 1 saturated carbocycles. The number of hydrogen-bond acceptors (Lipinski definition) is 6. The Bertz CT molecular complexity index is 1230. The maximum Gasteiger partial charge on any atom is 0.252 e. The van der Waals surface area contributed by atoms with Crippen molar-refractivity contribution in [3.8, 4) is 0 Å². The Kier molecular flexibility index (Phi) is 5.72. The average molecular weight is 449 g/mol. The summed E-state index contributed by atoms with van der Waals surface area (Å²) in [6.07, 6.45) is 5.94. The fourth-order valence-electron chi connectivity index (χ4n) is 4.90. The van der Waals surface area contributed by atoms with Crippen LogP contribution >= 0.6 is 0 Å². The fraction of sp³-hybridized carbons (Fsp3) is 0.440. The number of amides is 1. The van der Waals surface area contributed by atoms with Crippen molar-refractivity contribution in [2.75, 3.05) is 20.3 Å². The lowest BCUT2D eigenvalue weighted by Gasteiger charge is -2.23. The number of rotatable bonds is 6. The van der Waals surface area contributed by atoms with Crippen molar-refractivity contribution in [3.63, 3.8) is 0 Å². The van der Waals surface area contributed by atoms with Crippen molar-refractivity contribution >= 4 is 33.5 Å². The van der Waals surface area contributed by atoms with Gasteiger partial charge in [-0.3, -0.25) is 9.78 Å². The summed E-state index contributed by atoms with van der Waals surface area (Å²) in [6, 6.07) is 8.34. The number of aromatic nitrogens is 2. The predicted molar refractivity (Wildman–Crippen MR) is 130 cm³/mol. The molecule has 2 fully saturated rings. The van der Waals surface area contributed by atoms with Gasteiger partial charge in [-0.05, 0) is 56.7 Å². The van der Waals surface area contributed by atoms with E-state index in [4.69, 9.17) is 21.3 Å². The van der Waals surface area contributed by atoms with Crippen LogP contribution in [0.4, 0.5) is 0 Å². The summed E-state index contributed by atoms with van der Waals surface area (Å²) in [5.41, 5.74) is 11.9. The van der Waals surface area contributed by atoms with Gasteiger partial charge in [0.2, 0.25) is 0 Å². The molecule has 2 aromatic heterocycles. The molecule has 8 heteroatoms. The Morgan fingerprint density at radius 3 is 2.67 bits per heavy atom. The molecule has 1 saturated heterocycles. The normalized spacial score (nSPS) is 17.9. The number of nitrogens with one attached hydrogen (secondary N) is 1. The van der Waals surface area contributed by atoms with Crippen molar-refractivity contribution in [2.24, 2.45) is 17.5 Å².